The van der Waals surface area contributed by atoms with Gasteiger partial charge in [-0.3, -0.25) is 29.4 Å². The number of nitrogens with two attached hydrogens (primary N) is 1. The maximum atomic E-state index is 12.5. The molecule has 0 aliphatic carbocycles. The second kappa shape index (κ2) is 4.78. The topological polar surface area (TPSA) is 100 Å². The molecule has 1 aromatic rings. The molecule has 0 aromatic heterocycles. The molecule has 3 rings (SSSR count). The van der Waals surface area contributed by atoms with Crippen molar-refractivity contribution >= 4 is 29.3 Å². The second-order valence-corrected chi connectivity index (χ2v) is 4.92. The molecular formula is C14H13N3O4. The van der Waals surface area contributed by atoms with Crippen molar-refractivity contribution in [1.82, 2.24) is 10.2 Å². The number of carbonyl (C=O) groups is 4. The molecular weight excluding hydrogens is 274 g/mol. The van der Waals surface area contributed by atoms with Crippen LogP contribution >= 0.6 is 0 Å². The van der Waals surface area contributed by atoms with Crippen LogP contribution in [-0.2, 0) is 9.59 Å². The molecule has 1 fully saturated rings. The minimum atomic E-state index is -0.937. The SMILES string of the molecule is [CH2-][NH2+]c1cccc2c1C(=O)N(C1CCC(=O)NC1=O)C2=O. The summed E-state index contributed by atoms with van der Waals surface area (Å²) < 4.78 is 0. The molecule has 0 radical (unpaired) electrons. The number of rotatable bonds is 2. The molecule has 1 saturated heterocycles. The third-order valence-corrected chi connectivity index (χ3v) is 3.72. The van der Waals surface area contributed by atoms with Gasteiger partial charge >= 0.3 is 0 Å². The van der Waals surface area contributed by atoms with Gasteiger partial charge in [0.1, 0.15) is 17.3 Å². The fraction of sp³-hybridized carbons (Fsp3) is 0.214. The lowest BCUT2D eigenvalue weighted by Crippen LogP contribution is -2.70. The van der Waals surface area contributed by atoms with Gasteiger partial charge in [-0.25, -0.2) is 0 Å². The number of piperidine rings is 1. The van der Waals surface area contributed by atoms with Gasteiger partial charge in [-0.2, -0.15) is 0 Å². The summed E-state index contributed by atoms with van der Waals surface area (Å²) in [4.78, 5) is 48.9. The van der Waals surface area contributed by atoms with Crippen LogP contribution in [0.15, 0.2) is 18.2 Å². The fourth-order valence-electron chi connectivity index (χ4n) is 2.71. The maximum Gasteiger partial charge on any atom is 0.268 e. The van der Waals surface area contributed by atoms with Crippen molar-refractivity contribution in [2.24, 2.45) is 0 Å². The summed E-state index contributed by atoms with van der Waals surface area (Å²) in [5.74, 6) is -2.02. The Morgan fingerprint density at radius 2 is 1.95 bits per heavy atom. The molecule has 0 saturated carbocycles. The number of benzene rings is 1. The van der Waals surface area contributed by atoms with Crippen LogP contribution in [0.4, 0.5) is 5.69 Å². The van der Waals surface area contributed by atoms with Crippen molar-refractivity contribution in [1.29, 1.82) is 0 Å². The summed E-state index contributed by atoms with van der Waals surface area (Å²) in [7, 11) is 3.62. The number of imide groups is 2. The summed E-state index contributed by atoms with van der Waals surface area (Å²) in [6, 6.07) is 3.96. The Bertz CT molecular complexity index is 683. The number of quaternary nitrogens is 1. The Morgan fingerprint density at radius 3 is 2.62 bits per heavy atom. The first kappa shape index (κ1) is 13.4. The Labute approximate surface area is 120 Å². The van der Waals surface area contributed by atoms with Crippen LogP contribution in [-0.4, -0.2) is 34.6 Å². The van der Waals surface area contributed by atoms with Gasteiger partial charge in [-0.15, -0.1) is 7.05 Å². The number of carbonyl (C=O) groups excluding carboxylic acids is 4. The standard InChI is InChI=1S/C14H13N3O4/c1-15-8-4-2-3-7-11(8)14(21)17(13(7)20)9-5-6-10(18)16-12(9)19/h2-4,9H,1,5-6,15H2,(H,16,18,19). The largest absolute Gasteiger partial charge is 0.445 e. The van der Waals surface area contributed by atoms with E-state index in [9.17, 15) is 19.2 Å². The van der Waals surface area contributed by atoms with Crippen molar-refractivity contribution in [2.45, 2.75) is 18.9 Å². The molecule has 7 nitrogen and oxygen atoms in total. The average molecular weight is 287 g/mol. The minimum absolute atomic E-state index is 0.109. The van der Waals surface area contributed by atoms with Crippen LogP contribution in [0.3, 0.4) is 0 Å². The van der Waals surface area contributed by atoms with Crippen molar-refractivity contribution in [3.05, 3.63) is 36.4 Å². The molecule has 4 amide bonds. The highest BCUT2D eigenvalue weighted by Crippen LogP contribution is 2.30. The van der Waals surface area contributed by atoms with Crippen LogP contribution < -0.4 is 10.6 Å². The van der Waals surface area contributed by atoms with Gasteiger partial charge in [0, 0.05) is 6.42 Å². The fourth-order valence-corrected chi connectivity index (χ4v) is 2.71. The first-order valence-corrected chi connectivity index (χ1v) is 6.51. The van der Waals surface area contributed by atoms with Crippen molar-refractivity contribution in [2.75, 3.05) is 0 Å². The molecule has 0 spiro atoms. The zero-order chi connectivity index (χ0) is 15.1. The number of hydrogen-bond acceptors (Lipinski definition) is 4. The molecule has 2 aliphatic heterocycles. The van der Waals surface area contributed by atoms with Crippen LogP contribution in [0.5, 0.6) is 0 Å². The highest BCUT2D eigenvalue weighted by atomic mass is 16.2. The van der Waals surface area contributed by atoms with Crippen molar-refractivity contribution in [3.63, 3.8) is 0 Å². The zero-order valence-corrected chi connectivity index (χ0v) is 11.1. The molecule has 2 heterocycles. The maximum absolute atomic E-state index is 12.5. The number of nitrogens with zero attached hydrogens (tertiary/aromatic N) is 1. The van der Waals surface area contributed by atoms with Crippen LogP contribution in [0.25, 0.3) is 0 Å². The first-order chi connectivity index (χ1) is 10.0. The molecule has 2 aliphatic rings. The van der Waals surface area contributed by atoms with E-state index in [4.69, 9.17) is 0 Å². The Balaban J connectivity index is 2.00. The van der Waals surface area contributed by atoms with Crippen LogP contribution in [0.2, 0.25) is 0 Å². The van der Waals surface area contributed by atoms with E-state index in [0.717, 1.165) is 4.90 Å². The van der Waals surface area contributed by atoms with Gasteiger partial charge in [0.2, 0.25) is 11.8 Å². The molecule has 108 valence electrons. The number of nitrogens with one attached hydrogen (secondary N) is 1. The third-order valence-electron chi connectivity index (χ3n) is 3.72. The predicted molar refractivity (Wildman–Crippen MR) is 70.1 cm³/mol. The lowest BCUT2D eigenvalue weighted by Gasteiger charge is -2.27. The quantitative estimate of drug-likeness (QED) is 0.417. The van der Waals surface area contributed by atoms with E-state index in [2.05, 4.69) is 12.4 Å². The summed E-state index contributed by atoms with van der Waals surface area (Å²) in [6.45, 7) is 0. The monoisotopic (exact) mass is 287 g/mol. The highest BCUT2D eigenvalue weighted by molar-refractivity contribution is 6.25. The van der Waals surface area contributed by atoms with E-state index in [1.165, 1.54) is 5.32 Å². The molecule has 0 bridgehead atoms. The molecule has 7 heteroatoms. The van der Waals surface area contributed by atoms with Gasteiger partial charge in [-0.05, 0) is 18.6 Å². The van der Waals surface area contributed by atoms with Crippen LogP contribution in [0, 0.1) is 7.05 Å². The van der Waals surface area contributed by atoms with E-state index >= 15 is 0 Å². The Kier molecular flexibility index (Phi) is 3.06. The van der Waals surface area contributed by atoms with Crippen molar-refractivity contribution < 1.29 is 24.5 Å². The molecule has 1 unspecified atom stereocenters. The Hall–Kier alpha value is -2.54. The molecule has 1 aromatic carbocycles. The lowest BCUT2D eigenvalue weighted by atomic mass is 10.0. The van der Waals surface area contributed by atoms with E-state index in [-0.39, 0.29) is 29.9 Å². The van der Waals surface area contributed by atoms with Gasteiger partial charge in [-0.1, -0.05) is 6.07 Å². The summed E-state index contributed by atoms with van der Waals surface area (Å²) >= 11 is 0. The minimum Gasteiger partial charge on any atom is -0.445 e. The summed E-state index contributed by atoms with van der Waals surface area (Å²) in [6.07, 6.45) is 0.262. The normalized spacial score (nSPS) is 21.6. The number of hydrogen-bond donors (Lipinski definition) is 2. The Morgan fingerprint density at radius 1 is 1.19 bits per heavy atom. The number of fused-ring (bicyclic) bond motifs is 1. The number of amides is 4. The van der Waals surface area contributed by atoms with Gasteiger partial charge in [0.05, 0.1) is 5.56 Å². The van der Waals surface area contributed by atoms with Crippen molar-refractivity contribution in [3.8, 4) is 0 Å². The van der Waals surface area contributed by atoms with Gasteiger partial charge in [0.25, 0.3) is 11.8 Å². The smallest absolute Gasteiger partial charge is 0.268 e. The van der Waals surface area contributed by atoms with Gasteiger partial charge in [0.15, 0.2) is 0 Å². The highest BCUT2D eigenvalue weighted by Gasteiger charge is 2.46. The molecule has 1 atom stereocenters. The van der Waals surface area contributed by atoms with Crippen LogP contribution in [0.1, 0.15) is 33.6 Å². The molecule has 21 heavy (non-hydrogen) atoms. The average Bonchev–Trinajstić information content (AvgIpc) is 2.72. The summed E-state index contributed by atoms with van der Waals surface area (Å²) in [5, 5.41) is 3.66. The van der Waals surface area contributed by atoms with Gasteiger partial charge < -0.3 is 5.32 Å². The zero-order valence-electron chi connectivity index (χ0n) is 11.1. The van der Waals surface area contributed by atoms with E-state index in [1.54, 1.807) is 18.2 Å². The van der Waals surface area contributed by atoms with E-state index in [0.29, 0.717) is 5.69 Å². The third kappa shape index (κ3) is 1.93. The van der Waals surface area contributed by atoms with E-state index < -0.39 is 23.8 Å². The lowest BCUT2D eigenvalue weighted by molar-refractivity contribution is -0.504. The van der Waals surface area contributed by atoms with E-state index in [1.807, 2.05) is 0 Å². The first-order valence-electron chi connectivity index (χ1n) is 6.51. The predicted octanol–water partition coefficient (Wildman–Crippen LogP) is -0.926. The molecule has 3 N–H and O–H groups in total. The second-order valence-electron chi connectivity index (χ2n) is 4.92. The summed E-state index contributed by atoms with van der Waals surface area (Å²) in [5.41, 5.74) is 1.09.